The third kappa shape index (κ3) is 2.72. The highest BCUT2D eigenvalue weighted by atomic mass is 16.5. The number of hydrogen-bond acceptors (Lipinski definition) is 4. The highest BCUT2D eigenvalue weighted by molar-refractivity contribution is 5.94. The molecule has 7 nitrogen and oxygen atoms in total. The van der Waals surface area contributed by atoms with Crippen molar-refractivity contribution in [2.45, 2.75) is 12.3 Å². The van der Waals surface area contributed by atoms with Gasteiger partial charge in [0.05, 0.1) is 18.1 Å². The van der Waals surface area contributed by atoms with Gasteiger partial charge in [0.25, 0.3) is 5.91 Å². The van der Waals surface area contributed by atoms with E-state index in [2.05, 4.69) is 25.3 Å². The summed E-state index contributed by atoms with van der Waals surface area (Å²) in [5, 5.41) is 2.98. The molecule has 28 heavy (non-hydrogen) atoms. The molecular weight excluding hydrogens is 354 g/mol. The Morgan fingerprint density at radius 2 is 1.79 bits per heavy atom. The number of benzene rings is 2. The maximum absolute atomic E-state index is 12.6. The number of para-hydroxylation sites is 3. The number of ether oxygens (including phenoxy) is 1. The SMILES string of the molecule is COc1ccccc1[C@@H]1CNC(=O)c2nc(-c3nc4ccccc4[nH]3)[nH]c2C1. The molecule has 0 bridgehead atoms. The summed E-state index contributed by atoms with van der Waals surface area (Å²) >= 11 is 0. The molecule has 0 saturated heterocycles. The van der Waals surface area contributed by atoms with Crippen LogP contribution in [0.25, 0.3) is 22.7 Å². The first-order chi connectivity index (χ1) is 13.7. The molecule has 0 aliphatic carbocycles. The van der Waals surface area contributed by atoms with Gasteiger partial charge >= 0.3 is 0 Å². The maximum Gasteiger partial charge on any atom is 0.271 e. The van der Waals surface area contributed by atoms with Gasteiger partial charge in [-0.1, -0.05) is 30.3 Å². The zero-order chi connectivity index (χ0) is 19.1. The minimum atomic E-state index is -0.175. The highest BCUT2D eigenvalue weighted by Gasteiger charge is 2.28. The molecule has 140 valence electrons. The first-order valence-electron chi connectivity index (χ1n) is 9.18. The van der Waals surface area contributed by atoms with Crippen molar-refractivity contribution in [3.63, 3.8) is 0 Å². The summed E-state index contributed by atoms with van der Waals surface area (Å²) in [5.41, 5.74) is 4.09. The summed E-state index contributed by atoms with van der Waals surface area (Å²) in [4.78, 5) is 28.3. The number of H-pyrrole nitrogens is 2. The van der Waals surface area contributed by atoms with Gasteiger partial charge in [-0.2, -0.15) is 0 Å². The number of nitrogens with one attached hydrogen (secondary N) is 3. The van der Waals surface area contributed by atoms with Gasteiger partial charge in [-0.3, -0.25) is 4.79 Å². The Morgan fingerprint density at radius 1 is 1.00 bits per heavy atom. The zero-order valence-electron chi connectivity index (χ0n) is 15.3. The van der Waals surface area contributed by atoms with Gasteiger partial charge in [0.1, 0.15) is 11.4 Å². The third-order valence-corrected chi connectivity index (χ3v) is 5.15. The van der Waals surface area contributed by atoms with E-state index in [0.717, 1.165) is 28.0 Å². The van der Waals surface area contributed by atoms with Gasteiger partial charge in [-0.15, -0.1) is 0 Å². The molecule has 0 fully saturated rings. The van der Waals surface area contributed by atoms with Crippen LogP contribution in [0.4, 0.5) is 0 Å². The molecule has 2 aromatic carbocycles. The zero-order valence-corrected chi connectivity index (χ0v) is 15.3. The van der Waals surface area contributed by atoms with Crippen LogP contribution in [0.15, 0.2) is 48.5 Å². The molecule has 0 radical (unpaired) electrons. The normalized spacial score (nSPS) is 16.5. The van der Waals surface area contributed by atoms with Crippen LogP contribution in [0, 0.1) is 0 Å². The molecule has 3 N–H and O–H groups in total. The lowest BCUT2D eigenvalue weighted by atomic mass is 9.93. The predicted octanol–water partition coefficient (Wildman–Crippen LogP) is 3.03. The fourth-order valence-electron chi connectivity index (χ4n) is 3.76. The van der Waals surface area contributed by atoms with Crippen LogP contribution >= 0.6 is 0 Å². The Kier molecular flexibility index (Phi) is 3.86. The van der Waals surface area contributed by atoms with Crippen LogP contribution in [-0.2, 0) is 6.42 Å². The number of amides is 1. The molecule has 0 unspecified atom stereocenters. The Bertz CT molecular complexity index is 1140. The van der Waals surface area contributed by atoms with Crippen LogP contribution in [0.2, 0.25) is 0 Å². The average Bonchev–Trinajstić information content (AvgIpc) is 3.31. The van der Waals surface area contributed by atoms with E-state index in [-0.39, 0.29) is 11.8 Å². The monoisotopic (exact) mass is 373 g/mol. The Balaban J connectivity index is 1.54. The van der Waals surface area contributed by atoms with Gasteiger partial charge in [0.2, 0.25) is 0 Å². The van der Waals surface area contributed by atoms with E-state index >= 15 is 0 Å². The average molecular weight is 373 g/mol. The third-order valence-electron chi connectivity index (χ3n) is 5.15. The van der Waals surface area contributed by atoms with Crippen molar-refractivity contribution < 1.29 is 9.53 Å². The molecule has 3 heterocycles. The second-order valence-corrected chi connectivity index (χ2v) is 6.87. The highest BCUT2D eigenvalue weighted by Crippen LogP contribution is 2.31. The van der Waals surface area contributed by atoms with E-state index in [1.807, 2.05) is 48.5 Å². The van der Waals surface area contributed by atoms with Gasteiger partial charge in [-0.05, 0) is 30.2 Å². The first-order valence-corrected chi connectivity index (χ1v) is 9.18. The predicted molar refractivity (Wildman–Crippen MR) is 105 cm³/mol. The smallest absolute Gasteiger partial charge is 0.271 e. The number of carbonyl (C=O) groups is 1. The molecule has 0 saturated carbocycles. The van der Waals surface area contributed by atoms with Crippen molar-refractivity contribution in [2.75, 3.05) is 13.7 Å². The van der Waals surface area contributed by atoms with Crippen LogP contribution < -0.4 is 10.1 Å². The lowest BCUT2D eigenvalue weighted by Crippen LogP contribution is -2.26. The summed E-state index contributed by atoms with van der Waals surface area (Å²) in [6, 6.07) is 15.7. The van der Waals surface area contributed by atoms with Gasteiger partial charge in [-0.25, -0.2) is 9.97 Å². The lowest BCUT2D eigenvalue weighted by molar-refractivity contribution is 0.0950. The van der Waals surface area contributed by atoms with Crippen molar-refractivity contribution in [2.24, 2.45) is 0 Å². The summed E-state index contributed by atoms with van der Waals surface area (Å²) in [5.74, 6) is 1.92. The number of rotatable bonds is 3. The number of aromatic nitrogens is 4. The fraction of sp³-hybridized carbons (Fsp3) is 0.190. The van der Waals surface area contributed by atoms with Crippen molar-refractivity contribution in [1.29, 1.82) is 0 Å². The second kappa shape index (κ2) is 6.53. The number of imidazole rings is 2. The number of nitrogens with zero attached hydrogens (tertiary/aromatic N) is 2. The minimum Gasteiger partial charge on any atom is -0.496 e. The van der Waals surface area contributed by atoms with Crippen molar-refractivity contribution in [3.05, 3.63) is 65.5 Å². The maximum atomic E-state index is 12.6. The fourth-order valence-corrected chi connectivity index (χ4v) is 3.76. The van der Waals surface area contributed by atoms with Crippen molar-refractivity contribution in [3.8, 4) is 17.4 Å². The number of carbonyl (C=O) groups excluding carboxylic acids is 1. The number of aromatic amines is 2. The molecular formula is C21H19N5O2. The van der Waals surface area contributed by atoms with E-state index in [1.165, 1.54) is 0 Å². The number of methoxy groups -OCH3 is 1. The lowest BCUT2D eigenvalue weighted by Gasteiger charge is -2.17. The van der Waals surface area contributed by atoms with E-state index in [4.69, 9.17) is 4.74 Å². The van der Waals surface area contributed by atoms with E-state index in [9.17, 15) is 4.79 Å². The number of fused-ring (bicyclic) bond motifs is 2. The quantitative estimate of drug-likeness (QED) is 0.514. The molecule has 1 atom stereocenters. The molecule has 7 heteroatoms. The van der Waals surface area contributed by atoms with E-state index < -0.39 is 0 Å². The summed E-state index contributed by atoms with van der Waals surface area (Å²) in [7, 11) is 1.66. The summed E-state index contributed by atoms with van der Waals surface area (Å²) in [6.45, 7) is 0.531. The first kappa shape index (κ1) is 16.6. The van der Waals surface area contributed by atoms with E-state index in [0.29, 0.717) is 30.3 Å². The Morgan fingerprint density at radius 3 is 2.64 bits per heavy atom. The molecule has 0 spiro atoms. The molecule has 5 rings (SSSR count). The molecule has 1 aliphatic heterocycles. The van der Waals surface area contributed by atoms with Crippen LogP contribution in [0.5, 0.6) is 5.75 Å². The standard InChI is InChI=1S/C21H19N5O2/c1-28-17-9-5-2-6-13(17)12-10-16-18(21(27)22-11-12)26-20(25-16)19-23-14-7-3-4-8-15(14)24-19/h2-9,12H,10-11H2,1H3,(H,22,27)(H,23,24)(H,25,26)/t12-/m0/s1. The minimum absolute atomic E-state index is 0.0883. The number of hydrogen-bond donors (Lipinski definition) is 3. The van der Waals surface area contributed by atoms with Crippen molar-refractivity contribution in [1.82, 2.24) is 25.3 Å². The second-order valence-electron chi connectivity index (χ2n) is 6.87. The van der Waals surface area contributed by atoms with E-state index in [1.54, 1.807) is 7.11 Å². The Hall–Kier alpha value is -3.61. The van der Waals surface area contributed by atoms with Crippen LogP contribution in [0.1, 0.15) is 27.7 Å². The van der Waals surface area contributed by atoms with Gasteiger partial charge in [0, 0.05) is 18.2 Å². The van der Waals surface area contributed by atoms with Crippen LogP contribution in [0.3, 0.4) is 0 Å². The molecule has 4 aromatic rings. The van der Waals surface area contributed by atoms with Crippen molar-refractivity contribution >= 4 is 16.9 Å². The summed E-state index contributed by atoms with van der Waals surface area (Å²) in [6.07, 6.45) is 0.654. The van der Waals surface area contributed by atoms with Gasteiger partial charge in [0.15, 0.2) is 11.6 Å². The molecule has 2 aromatic heterocycles. The topological polar surface area (TPSA) is 95.7 Å². The molecule has 1 amide bonds. The summed E-state index contributed by atoms with van der Waals surface area (Å²) < 4.78 is 5.51. The largest absolute Gasteiger partial charge is 0.496 e. The van der Waals surface area contributed by atoms with Crippen LogP contribution in [-0.4, -0.2) is 39.5 Å². The Labute approximate surface area is 161 Å². The molecule has 1 aliphatic rings. The van der Waals surface area contributed by atoms with Gasteiger partial charge < -0.3 is 20.0 Å².